The lowest BCUT2D eigenvalue weighted by atomic mass is 10.1. The van der Waals surface area contributed by atoms with Gasteiger partial charge in [0.25, 0.3) is 0 Å². The molecule has 4 heteroatoms. The summed E-state index contributed by atoms with van der Waals surface area (Å²) in [6.45, 7) is 4.35. The summed E-state index contributed by atoms with van der Waals surface area (Å²) in [6, 6.07) is 5.67. The number of rotatable bonds is 6. The first-order valence-electron chi connectivity index (χ1n) is 5.74. The van der Waals surface area contributed by atoms with E-state index < -0.39 is 0 Å². The van der Waals surface area contributed by atoms with E-state index in [0.29, 0.717) is 18.1 Å². The van der Waals surface area contributed by atoms with Crippen molar-refractivity contribution in [3.05, 3.63) is 28.8 Å². The molecule has 0 spiro atoms. The summed E-state index contributed by atoms with van der Waals surface area (Å²) in [5, 5.41) is 0.658. The van der Waals surface area contributed by atoms with Crippen molar-refractivity contribution in [3.8, 4) is 0 Å². The highest BCUT2D eigenvalue weighted by molar-refractivity contribution is 7.99. The number of halogens is 1. The molecule has 0 N–H and O–H groups in total. The Balaban J connectivity index is 2.79. The molecular formula is C13H17ClO2S. The number of hydrogen-bond acceptors (Lipinski definition) is 3. The van der Waals surface area contributed by atoms with Crippen molar-refractivity contribution in [3.63, 3.8) is 0 Å². The van der Waals surface area contributed by atoms with E-state index in [9.17, 15) is 4.79 Å². The second kappa shape index (κ2) is 7.62. The van der Waals surface area contributed by atoms with E-state index in [1.54, 1.807) is 11.8 Å². The van der Waals surface area contributed by atoms with Crippen LogP contribution in [0.1, 0.15) is 25.8 Å². The predicted molar refractivity (Wildman–Crippen MR) is 72.8 cm³/mol. The summed E-state index contributed by atoms with van der Waals surface area (Å²) in [7, 11) is 0. The molecule has 0 radical (unpaired) electrons. The van der Waals surface area contributed by atoms with Gasteiger partial charge in [-0.25, -0.2) is 0 Å². The van der Waals surface area contributed by atoms with Gasteiger partial charge in [0, 0.05) is 9.92 Å². The Labute approximate surface area is 112 Å². The first-order valence-corrected chi connectivity index (χ1v) is 7.10. The van der Waals surface area contributed by atoms with E-state index >= 15 is 0 Å². The third-order valence-electron chi connectivity index (χ3n) is 2.12. The van der Waals surface area contributed by atoms with Crippen LogP contribution in [0.15, 0.2) is 23.1 Å². The van der Waals surface area contributed by atoms with Gasteiger partial charge in [-0.15, -0.1) is 11.8 Å². The van der Waals surface area contributed by atoms with Crippen LogP contribution in [-0.2, 0) is 16.0 Å². The summed E-state index contributed by atoms with van der Waals surface area (Å²) in [5.41, 5.74) is 0.953. The van der Waals surface area contributed by atoms with Gasteiger partial charge in [0.05, 0.1) is 13.0 Å². The maximum Gasteiger partial charge on any atom is 0.310 e. The van der Waals surface area contributed by atoms with Gasteiger partial charge in [-0.3, -0.25) is 4.79 Å². The average molecular weight is 273 g/mol. The van der Waals surface area contributed by atoms with Crippen LogP contribution in [0.3, 0.4) is 0 Å². The van der Waals surface area contributed by atoms with Crippen molar-refractivity contribution in [1.29, 1.82) is 0 Å². The number of esters is 1. The molecule has 0 unspecified atom stereocenters. The van der Waals surface area contributed by atoms with Crippen molar-refractivity contribution >= 4 is 29.3 Å². The molecule has 17 heavy (non-hydrogen) atoms. The molecule has 1 aromatic carbocycles. The Bertz CT molecular complexity index is 380. The lowest BCUT2D eigenvalue weighted by Crippen LogP contribution is -2.08. The minimum Gasteiger partial charge on any atom is -0.466 e. The highest BCUT2D eigenvalue weighted by Gasteiger charge is 2.09. The van der Waals surface area contributed by atoms with Crippen molar-refractivity contribution in [1.82, 2.24) is 0 Å². The summed E-state index contributed by atoms with van der Waals surface area (Å²) in [5.74, 6) is 0.838. The Morgan fingerprint density at radius 2 is 2.18 bits per heavy atom. The van der Waals surface area contributed by atoms with Crippen molar-refractivity contribution in [2.24, 2.45) is 0 Å². The van der Waals surface area contributed by atoms with Crippen LogP contribution in [0.2, 0.25) is 5.02 Å². The summed E-state index contributed by atoms with van der Waals surface area (Å²) in [4.78, 5) is 12.6. The number of carbonyl (C=O) groups is 1. The lowest BCUT2D eigenvalue weighted by molar-refractivity contribution is -0.142. The molecule has 0 amide bonds. The maximum absolute atomic E-state index is 11.5. The fourth-order valence-electron chi connectivity index (χ4n) is 1.41. The fraction of sp³-hybridized carbons (Fsp3) is 0.462. The molecule has 1 aromatic rings. The minimum atomic E-state index is -0.201. The van der Waals surface area contributed by atoms with Crippen molar-refractivity contribution in [2.45, 2.75) is 31.6 Å². The Hall–Kier alpha value is -0.670. The number of ether oxygens (including phenoxy) is 1. The summed E-state index contributed by atoms with van der Waals surface area (Å²) < 4.78 is 4.95. The Morgan fingerprint density at radius 1 is 1.41 bits per heavy atom. The van der Waals surface area contributed by atoms with E-state index in [0.717, 1.165) is 22.6 Å². The molecule has 2 nitrogen and oxygen atoms in total. The first-order chi connectivity index (χ1) is 8.17. The van der Waals surface area contributed by atoms with E-state index in [2.05, 4.69) is 6.92 Å². The number of benzene rings is 1. The van der Waals surface area contributed by atoms with Crippen LogP contribution in [0.4, 0.5) is 0 Å². The molecule has 94 valence electrons. The van der Waals surface area contributed by atoms with Gasteiger partial charge in [-0.2, -0.15) is 0 Å². The van der Waals surface area contributed by atoms with Crippen molar-refractivity contribution in [2.75, 3.05) is 12.4 Å². The van der Waals surface area contributed by atoms with Gasteiger partial charge >= 0.3 is 5.97 Å². The van der Waals surface area contributed by atoms with Gasteiger partial charge < -0.3 is 4.74 Å². The molecule has 1 rings (SSSR count). The van der Waals surface area contributed by atoms with Crippen LogP contribution in [-0.4, -0.2) is 18.3 Å². The van der Waals surface area contributed by atoms with Gasteiger partial charge in [0.15, 0.2) is 0 Å². The summed E-state index contributed by atoms with van der Waals surface area (Å²) in [6.07, 6.45) is 1.40. The highest BCUT2D eigenvalue weighted by atomic mass is 35.5. The molecule has 0 aliphatic heterocycles. The highest BCUT2D eigenvalue weighted by Crippen LogP contribution is 2.26. The molecule has 0 aliphatic rings. The summed E-state index contributed by atoms with van der Waals surface area (Å²) >= 11 is 7.70. The third kappa shape index (κ3) is 5.00. The SMILES string of the molecule is CCCSc1ccc(Cl)cc1CC(=O)OCC. The molecule has 0 heterocycles. The van der Waals surface area contributed by atoms with E-state index in [-0.39, 0.29) is 5.97 Å². The molecular weight excluding hydrogens is 256 g/mol. The zero-order chi connectivity index (χ0) is 12.7. The van der Waals surface area contributed by atoms with E-state index in [4.69, 9.17) is 16.3 Å². The smallest absolute Gasteiger partial charge is 0.310 e. The molecule has 0 fully saturated rings. The minimum absolute atomic E-state index is 0.201. The monoisotopic (exact) mass is 272 g/mol. The van der Waals surface area contributed by atoms with Gasteiger partial charge in [-0.05, 0) is 42.9 Å². The molecule has 0 bridgehead atoms. The molecule has 0 saturated heterocycles. The number of hydrogen-bond donors (Lipinski definition) is 0. The largest absolute Gasteiger partial charge is 0.466 e. The van der Waals surface area contributed by atoms with Crippen LogP contribution < -0.4 is 0 Å². The van der Waals surface area contributed by atoms with Crippen LogP contribution in [0.25, 0.3) is 0 Å². The average Bonchev–Trinajstić information content (AvgIpc) is 2.28. The van der Waals surface area contributed by atoms with Gasteiger partial charge in [-0.1, -0.05) is 18.5 Å². The van der Waals surface area contributed by atoms with Crippen LogP contribution in [0.5, 0.6) is 0 Å². The van der Waals surface area contributed by atoms with Gasteiger partial charge in [0.1, 0.15) is 0 Å². The first kappa shape index (κ1) is 14.4. The lowest BCUT2D eigenvalue weighted by Gasteiger charge is -2.09. The van der Waals surface area contributed by atoms with E-state index in [1.807, 2.05) is 25.1 Å². The zero-order valence-electron chi connectivity index (χ0n) is 10.2. The topological polar surface area (TPSA) is 26.3 Å². The van der Waals surface area contributed by atoms with Gasteiger partial charge in [0.2, 0.25) is 0 Å². The standard InChI is InChI=1S/C13H17ClO2S/c1-3-7-17-12-6-5-11(14)8-10(12)9-13(15)16-4-2/h5-6,8H,3-4,7,9H2,1-2H3. The number of carbonyl (C=O) groups excluding carboxylic acids is 1. The quantitative estimate of drug-likeness (QED) is 0.579. The number of thioether (sulfide) groups is 1. The molecule has 0 saturated carbocycles. The second-order valence-corrected chi connectivity index (χ2v) is 5.16. The third-order valence-corrected chi connectivity index (χ3v) is 3.68. The second-order valence-electron chi connectivity index (χ2n) is 3.58. The van der Waals surface area contributed by atoms with E-state index in [1.165, 1.54) is 0 Å². The molecule has 0 atom stereocenters. The van der Waals surface area contributed by atoms with Crippen LogP contribution >= 0.6 is 23.4 Å². The normalized spacial score (nSPS) is 10.3. The molecule has 0 aromatic heterocycles. The Kier molecular flexibility index (Phi) is 6.45. The Morgan fingerprint density at radius 3 is 2.82 bits per heavy atom. The molecule has 0 aliphatic carbocycles. The van der Waals surface area contributed by atoms with Crippen LogP contribution in [0, 0.1) is 0 Å². The fourth-order valence-corrected chi connectivity index (χ4v) is 2.51. The predicted octanol–water partition coefficient (Wildman–Crippen LogP) is 3.95. The zero-order valence-corrected chi connectivity index (χ0v) is 11.7. The maximum atomic E-state index is 11.5. The van der Waals surface area contributed by atoms with Crippen molar-refractivity contribution < 1.29 is 9.53 Å².